The van der Waals surface area contributed by atoms with Gasteiger partial charge in [-0.15, -0.1) is 0 Å². The van der Waals surface area contributed by atoms with Gasteiger partial charge in [0.1, 0.15) is 0 Å². The summed E-state index contributed by atoms with van der Waals surface area (Å²) in [5, 5.41) is 0. The fourth-order valence-electron chi connectivity index (χ4n) is 1.80. The van der Waals surface area contributed by atoms with E-state index in [-0.39, 0.29) is 5.91 Å². The lowest BCUT2D eigenvalue weighted by atomic mass is 10.2. The number of hydrogen-bond acceptors (Lipinski definition) is 2. The van der Waals surface area contributed by atoms with Crippen molar-refractivity contribution in [2.24, 2.45) is 0 Å². The van der Waals surface area contributed by atoms with Crippen LogP contribution in [0.15, 0.2) is 43.0 Å². The molecule has 2 aromatic rings. The average molecular weight is 229 g/mol. The summed E-state index contributed by atoms with van der Waals surface area (Å²) < 4.78 is 1.92. The van der Waals surface area contributed by atoms with Crippen molar-refractivity contribution in [1.29, 1.82) is 0 Å². The van der Waals surface area contributed by atoms with Crippen LogP contribution in [0.4, 0.5) is 5.69 Å². The molecule has 0 N–H and O–H groups in total. The molecule has 4 nitrogen and oxygen atoms in total. The van der Waals surface area contributed by atoms with Crippen LogP contribution in [0.5, 0.6) is 0 Å². The van der Waals surface area contributed by atoms with Crippen molar-refractivity contribution in [3.63, 3.8) is 0 Å². The molecule has 0 atom stereocenters. The van der Waals surface area contributed by atoms with Crippen LogP contribution in [-0.4, -0.2) is 22.0 Å². The lowest BCUT2D eigenvalue weighted by Gasteiger charge is -2.19. The van der Waals surface area contributed by atoms with Crippen LogP contribution < -0.4 is 4.90 Å². The molecule has 0 radical (unpaired) electrons. The third kappa shape index (κ3) is 2.36. The van der Waals surface area contributed by atoms with Gasteiger partial charge in [-0.1, -0.05) is 0 Å². The van der Waals surface area contributed by atoms with E-state index in [1.165, 1.54) is 0 Å². The number of rotatable bonds is 3. The molecule has 0 saturated heterocycles. The van der Waals surface area contributed by atoms with Gasteiger partial charge in [-0.3, -0.25) is 4.79 Å². The highest BCUT2D eigenvalue weighted by molar-refractivity contribution is 5.91. The van der Waals surface area contributed by atoms with E-state index in [4.69, 9.17) is 0 Å². The Hall–Kier alpha value is -2.10. The predicted octanol–water partition coefficient (Wildman–Crippen LogP) is 2.25. The molecule has 1 aromatic heterocycles. The van der Waals surface area contributed by atoms with Crippen molar-refractivity contribution in [1.82, 2.24) is 9.55 Å². The minimum atomic E-state index is 0.0582. The van der Waals surface area contributed by atoms with E-state index in [1.807, 2.05) is 42.0 Å². The van der Waals surface area contributed by atoms with Gasteiger partial charge in [0.2, 0.25) is 5.91 Å². The molecule has 1 heterocycles. The number of nitrogens with zero attached hydrogens (tertiary/aromatic N) is 3. The molecule has 0 aliphatic heterocycles. The second kappa shape index (κ2) is 4.82. The second-order valence-electron chi connectivity index (χ2n) is 3.75. The summed E-state index contributed by atoms with van der Waals surface area (Å²) in [7, 11) is 0. The number of hydrogen-bond donors (Lipinski definition) is 0. The van der Waals surface area contributed by atoms with E-state index < -0.39 is 0 Å². The minimum Gasteiger partial charge on any atom is -0.313 e. The van der Waals surface area contributed by atoms with E-state index >= 15 is 0 Å². The molecule has 17 heavy (non-hydrogen) atoms. The maximum Gasteiger partial charge on any atom is 0.223 e. The maximum atomic E-state index is 11.4. The molecule has 0 aliphatic rings. The van der Waals surface area contributed by atoms with E-state index in [9.17, 15) is 4.79 Å². The first-order chi connectivity index (χ1) is 8.22. The molecule has 2 rings (SSSR count). The summed E-state index contributed by atoms with van der Waals surface area (Å²) in [6.45, 7) is 4.22. The molecule has 0 fully saturated rings. The number of aromatic nitrogens is 2. The van der Waals surface area contributed by atoms with E-state index in [2.05, 4.69) is 4.98 Å². The Labute approximate surface area is 101 Å². The summed E-state index contributed by atoms with van der Waals surface area (Å²) in [4.78, 5) is 17.1. The molecular weight excluding hydrogens is 214 g/mol. The zero-order valence-corrected chi connectivity index (χ0v) is 10.00. The minimum absolute atomic E-state index is 0.0582. The number of imidazole rings is 1. The molecule has 88 valence electrons. The van der Waals surface area contributed by atoms with Gasteiger partial charge >= 0.3 is 0 Å². The Morgan fingerprint density at radius 1 is 1.35 bits per heavy atom. The summed E-state index contributed by atoms with van der Waals surface area (Å²) in [5.74, 6) is 0.0582. The van der Waals surface area contributed by atoms with E-state index in [0.717, 1.165) is 11.4 Å². The molecule has 0 spiro atoms. The average Bonchev–Trinajstić information content (AvgIpc) is 2.84. The normalized spacial score (nSPS) is 10.2. The van der Waals surface area contributed by atoms with Crippen molar-refractivity contribution in [2.75, 3.05) is 11.4 Å². The van der Waals surface area contributed by atoms with Crippen LogP contribution in [0.1, 0.15) is 13.8 Å². The fourth-order valence-corrected chi connectivity index (χ4v) is 1.80. The van der Waals surface area contributed by atoms with Gasteiger partial charge in [-0.2, -0.15) is 0 Å². The van der Waals surface area contributed by atoms with Gasteiger partial charge in [-0.25, -0.2) is 4.98 Å². The largest absolute Gasteiger partial charge is 0.313 e. The molecule has 0 unspecified atom stereocenters. The number of anilines is 1. The molecule has 1 aromatic carbocycles. The lowest BCUT2D eigenvalue weighted by Crippen LogP contribution is -2.27. The molecule has 0 aliphatic carbocycles. The van der Waals surface area contributed by atoms with Gasteiger partial charge < -0.3 is 9.47 Å². The van der Waals surface area contributed by atoms with Crippen molar-refractivity contribution >= 4 is 11.6 Å². The highest BCUT2D eigenvalue weighted by Crippen LogP contribution is 2.17. The highest BCUT2D eigenvalue weighted by atomic mass is 16.2. The molecule has 0 saturated carbocycles. The van der Waals surface area contributed by atoms with Crippen LogP contribution in [0.25, 0.3) is 5.69 Å². The van der Waals surface area contributed by atoms with Crippen LogP contribution in [-0.2, 0) is 4.79 Å². The number of benzene rings is 1. The second-order valence-corrected chi connectivity index (χ2v) is 3.75. The zero-order valence-electron chi connectivity index (χ0n) is 10.00. The van der Waals surface area contributed by atoms with Crippen LogP contribution in [0, 0.1) is 0 Å². The maximum absolute atomic E-state index is 11.4. The quantitative estimate of drug-likeness (QED) is 0.809. The Kier molecular flexibility index (Phi) is 3.23. The fraction of sp³-hybridized carbons (Fsp3) is 0.231. The Morgan fingerprint density at radius 3 is 2.53 bits per heavy atom. The number of carbonyl (C=O) groups is 1. The first kappa shape index (κ1) is 11.4. The topological polar surface area (TPSA) is 38.1 Å². The van der Waals surface area contributed by atoms with E-state index in [1.54, 1.807) is 24.3 Å². The van der Waals surface area contributed by atoms with Crippen molar-refractivity contribution in [2.45, 2.75) is 13.8 Å². The standard InChI is InChI=1S/C13H15N3O/c1-3-16(11(2)17)13-6-4-12(5-7-13)15-9-8-14-10-15/h4-10H,3H2,1-2H3. The highest BCUT2D eigenvalue weighted by Gasteiger charge is 2.08. The first-order valence-corrected chi connectivity index (χ1v) is 5.59. The molecule has 0 bridgehead atoms. The van der Waals surface area contributed by atoms with Crippen molar-refractivity contribution < 1.29 is 4.79 Å². The van der Waals surface area contributed by atoms with Gasteiger partial charge in [0.15, 0.2) is 0 Å². The van der Waals surface area contributed by atoms with Crippen LogP contribution >= 0.6 is 0 Å². The van der Waals surface area contributed by atoms with E-state index in [0.29, 0.717) is 6.54 Å². The summed E-state index contributed by atoms with van der Waals surface area (Å²) in [6.07, 6.45) is 5.37. The number of amides is 1. The number of carbonyl (C=O) groups excluding carboxylic acids is 1. The third-order valence-corrected chi connectivity index (χ3v) is 2.66. The van der Waals surface area contributed by atoms with Gasteiger partial charge in [0.25, 0.3) is 0 Å². The monoisotopic (exact) mass is 229 g/mol. The van der Waals surface area contributed by atoms with Gasteiger partial charge in [0, 0.05) is 37.2 Å². The molecule has 1 amide bonds. The smallest absolute Gasteiger partial charge is 0.223 e. The van der Waals surface area contributed by atoms with Crippen molar-refractivity contribution in [3.8, 4) is 5.69 Å². The first-order valence-electron chi connectivity index (χ1n) is 5.59. The summed E-state index contributed by atoms with van der Waals surface area (Å²) >= 11 is 0. The summed E-state index contributed by atoms with van der Waals surface area (Å²) in [6, 6.07) is 7.84. The SMILES string of the molecule is CCN(C(C)=O)c1ccc(-n2ccnc2)cc1. The zero-order chi connectivity index (χ0) is 12.3. The Morgan fingerprint density at radius 2 is 2.06 bits per heavy atom. The summed E-state index contributed by atoms with van der Waals surface area (Å²) in [5.41, 5.74) is 1.95. The van der Waals surface area contributed by atoms with Crippen LogP contribution in [0.2, 0.25) is 0 Å². The third-order valence-electron chi connectivity index (χ3n) is 2.66. The Bertz CT molecular complexity index is 488. The molecule has 4 heteroatoms. The van der Waals surface area contributed by atoms with Gasteiger partial charge in [-0.05, 0) is 31.2 Å². The van der Waals surface area contributed by atoms with Gasteiger partial charge in [0.05, 0.1) is 6.33 Å². The predicted molar refractivity (Wildman–Crippen MR) is 67.3 cm³/mol. The van der Waals surface area contributed by atoms with Crippen LogP contribution in [0.3, 0.4) is 0 Å². The van der Waals surface area contributed by atoms with Crippen molar-refractivity contribution in [3.05, 3.63) is 43.0 Å². The molecular formula is C13H15N3O. The lowest BCUT2D eigenvalue weighted by molar-refractivity contribution is -0.116. The Balaban J connectivity index is 2.26.